The van der Waals surface area contributed by atoms with Crippen molar-refractivity contribution in [3.05, 3.63) is 181 Å². The maximum Gasteiger partial charge on any atom is 0.165 e. The Kier molecular flexibility index (Phi) is 8.43. The Labute approximate surface area is 303 Å². The predicted molar refractivity (Wildman–Crippen MR) is 215 cm³/mol. The van der Waals surface area contributed by atoms with Crippen LogP contribution >= 0.6 is 0 Å². The first-order chi connectivity index (χ1) is 25.8. The van der Waals surface area contributed by atoms with Crippen molar-refractivity contribution in [2.24, 2.45) is 9.98 Å². The van der Waals surface area contributed by atoms with E-state index in [2.05, 4.69) is 97.1 Å². The lowest BCUT2D eigenvalue weighted by Gasteiger charge is -2.20. The number of benzene rings is 6. The van der Waals surface area contributed by atoms with Gasteiger partial charge in [-0.2, -0.15) is 0 Å². The molecule has 0 fully saturated rings. The van der Waals surface area contributed by atoms with E-state index in [1.54, 1.807) is 0 Å². The molecule has 2 heterocycles. The summed E-state index contributed by atoms with van der Waals surface area (Å²) in [7, 11) is 0. The van der Waals surface area contributed by atoms with E-state index in [9.17, 15) is 0 Å². The third-order valence-electron chi connectivity index (χ3n) is 9.65. The van der Waals surface area contributed by atoms with Gasteiger partial charge in [0.25, 0.3) is 0 Å². The van der Waals surface area contributed by atoms with Crippen LogP contribution in [0.1, 0.15) is 36.8 Å². The van der Waals surface area contributed by atoms with E-state index in [-0.39, 0.29) is 0 Å². The molecule has 9 rings (SSSR count). The molecule has 0 bridgehead atoms. The van der Waals surface area contributed by atoms with Crippen LogP contribution in [0, 0.1) is 0 Å². The highest BCUT2D eigenvalue weighted by molar-refractivity contribution is 6.28. The summed E-state index contributed by atoms with van der Waals surface area (Å²) in [5, 5.41) is 4.36. The van der Waals surface area contributed by atoms with Gasteiger partial charge in [-0.25, -0.2) is 24.9 Å². The molecule has 0 spiro atoms. The molecule has 0 unspecified atom stereocenters. The number of fused-ring (bicyclic) bond motifs is 2. The van der Waals surface area contributed by atoms with Crippen molar-refractivity contribution in [3.8, 4) is 34.2 Å². The molecule has 0 amide bonds. The van der Waals surface area contributed by atoms with Crippen LogP contribution in [0.4, 0.5) is 0 Å². The molecule has 0 radical (unpaired) electrons. The van der Waals surface area contributed by atoms with Crippen LogP contribution in [-0.2, 0) is 0 Å². The Hall–Kier alpha value is -6.59. The summed E-state index contributed by atoms with van der Waals surface area (Å²) in [4.78, 5) is 26.1. The minimum absolute atomic E-state index is 0.640. The quantitative estimate of drug-likeness (QED) is 0.166. The van der Waals surface area contributed by atoms with E-state index in [0.29, 0.717) is 17.5 Å². The molecule has 1 aromatic heterocycles. The van der Waals surface area contributed by atoms with Gasteiger partial charge in [-0.05, 0) is 52.8 Å². The number of amidine groups is 1. The zero-order chi connectivity index (χ0) is 34.7. The third-order valence-corrected chi connectivity index (χ3v) is 9.65. The minimum atomic E-state index is 0.640. The van der Waals surface area contributed by atoms with Gasteiger partial charge in [0.15, 0.2) is 23.3 Å². The smallest absolute Gasteiger partial charge is 0.165 e. The van der Waals surface area contributed by atoms with Crippen LogP contribution in [0.5, 0.6) is 0 Å². The minimum Gasteiger partial charge on any atom is -0.232 e. The molecular formula is C47H35N5. The van der Waals surface area contributed by atoms with Gasteiger partial charge in [-0.1, -0.05) is 164 Å². The number of rotatable bonds is 6. The summed E-state index contributed by atoms with van der Waals surface area (Å²) in [5.74, 6) is 2.67. The summed E-state index contributed by atoms with van der Waals surface area (Å²) in [6.45, 7) is 0. The van der Waals surface area contributed by atoms with Gasteiger partial charge in [0.05, 0.1) is 11.4 Å². The van der Waals surface area contributed by atoms with E-state index < -0.39 is 0 Å². The van der Waals surface area contributed by atoms with E-state index in [4.69, 9.17) is 24.9 Å². The third kappa shape index (κ3) is 6.07. The first kappa shape index (κ1) is 31.4. The van der Waals surface area contributed by atoms with Crippen LogP contribution in [0.25, 0.3) is 61.4 Å². The van der Waals surface area contributed by atoms with Gasteiger partial charge in [-0.15, -0.1) is 0 Å². The molecular weight excluding hydrogens is 635 g/mol. The molecule has 52 heavy (non-hydrogen) atoms. The maximum atomic E-state index is 5.48. The van der Waals surface area contributed by atoms with Crippen molar-refractivity contribution in [1.82, 2.24) is 15.0 Å². The fraction of sp³-hybridized carbons (Fsp3) is 0.0851. The summed E-state index contributed by atoms with van der Waals surface area (Å²) < 4.78 is 0. The molecule has 0 saturated heterocycles. The van der Waals surface area contributed by atoms with Crippen molar-refractivity contribution >= 4 is 38.8 Å². The largest absolute Gasteiger partial charge is 0.232 e. The van der Waals surface area contributed by atoms with Crippen LogP contribution in [-0.4, -0.2) is 26.5 Å². The molecule has 6 aromatic carbocycles. The second-order valence-electron chi connectivity index (χ2n) is 13.0. The number of nitrogens with zero attached hydrogens (tertiary/aromatic N) is 5. The van der Waals surface area contributed by atoms with E-state index in [0.717, 1.165) is 97.9 Å². The molecule has 5 nitrogen and oxygen atoms in total. The van der Waals surface area contributed by atoms with Gasteiger partial charge in [-0.3, -0.25) is 0 Å². The SMILES string of the molecule is C1=CC(C2=N/C(c3ccccc3)=C\CCC(c3c4ccccc4c(-c4nc(-c5ccccc5)nc(-c5ccccc5)n4)c4ccccc34)=N2)=CCC1. The molecule has 7 aromatic rings. The Bertz CT molecular complexity index is 2480. The van der Waals surface area contributed by atoms with E-state index >= 15 is 0 Å². The summed E-state index contributed by atoms with van der Waals surface area (Å²) in [6, 6.07) is 47.9. The van der Waals surface area contributed by atoms with Crippen molar-refractivity contribution in [2.75, 3.05) is 0 Å². The number of aromatic nitrogens is 3. The van der Waals surface area contributed by atoms with E-state index in [1.807, 2.05) is 66.7 Å². The first-order valence-corrected chi connectivity index (χ1v) is 17.9. The Morgan fingerprint density at radius 1 is 0.404 bits per heavy atom. The van der Waals surface area contributed by atoms with Crippen LogP contribution < -0.4 is 0 Å². The summed E-state index contributed by atoms with van der Waals surface area (Å²) >= 11 is 0. The second-order valence-corrected chi connectivity index (χ2v) is 13.0. The van der Waals surface area contributed by atoms with Crippen LogP contribution in [0.2, 0.25) is 0 Å². The average Bonchev–Trinajstić information content (AvgIpc) is 3.21. The topological polar surface area (TPSA) is 63.4 Å². The monoisotopic (exact) mass is 669 g/mol. The highest BCUT2D eigenvalue weighted by Crippen LogP contribution is 2.40. The fourth-order valence-electron chi connectivity index (χ4n) is 7.20. The Balaban J connectivity index is 1.29. The molecule has 1 aliphatic heterocycles. The highest BCUT2D eigenvalue weighted by Gasteiger charge is 2.23. The standard InChI is InChI=1S/C47H35N5/c1-5-18-32(19-6-1)40-30-17-31-41(49-44(48-40)33-20-7-2-8-21-33)42-36-26-13-15-28-38(36)43(39-29-16-14-27-37(39)42)47-51-45(34-22-9-3-10-23-34)50-46(52-47)35-24-11-4-12-25-35/h1,3-7,9-16,18-30H,2,8,17,31H2/b40-30-,48-44?,49-41?. The fourth-order valence-corrected chi connectivity index (χ4v) is 7.20. The second kappa shape index (κ2) is 14.0. The zero-order valence-corrected chi connectivity index (χ0v) is 28.7. The van der Waals surface area contributed by atoms with Gasteiger partial charge < -0.3 is 0 Å². The Morgan fingerprint density at radius 2 is 0.904 bits per heavy atom. The van der Waals surface area contributed by atoms with Gasteiger partial charge in [0.1, 0.15) is 0 Å². The molecule has 0 atom stereocenters. The average molecular weight is 670 g/mol. The molecule has 248 valence electrons. The molecule has 5 heteroatoms. The molecule has 1 aliphatic carbocycles. The van der Waals surface area contributed by atoms with Crippen LogP contribution in [0.3, 0.4) is 0 Å². The lowest BCUT2D eigenvalue weighted by atomic mass is 9.87. The summed E-state index contributed by atoms with van der Waals surface area (Å²) in [6.07, 6.45) is 12.5. The number of allylic oxidation sites excluding steroid dienone is 3. The van der Waals surface area contributed by atoms with Crippen molar-refractivity contribution in [2.45, 2.75) is 25.7 Å². The van der Waals surface area contributed by atoms with Crippen LogP contribution in [0.15, 0.2) is 179 Å². The van der Waals surface area contributed by atoms with Gasteiger partial charge in [0.2, 0.25) is 0 Å². The maximum absolute atomic E-state index is 5.48. The van der Waals surface area contributed by atoms with Crippen molar-refractivity contribution < 1.29 is 0 Å². The predicted octanol–water partition coefficient (Wildman–Crippen LogP) is 11.5. The van der Waals surface area contributed by atoms with Gasteiger partial charge in [0, 0.05) is 27.8 Å². The number of hydrogen-bond donors (Lipinski definition) is 0. The highest BCUT2D eigenvalue weighted by atomic mass is 15.0. The summed E-state index contributed by atoms with van der Waals surface area (Å²) in [5.41, 5.74) is 8.13. The molecule has 0 N–H and O–H groups in total. The molecule has 2 aliphatic rings. The normalized spacial score (nSPS) is 15.6. The number of hydrogen-bond acceptors (Lipinski definition) is 5. The van der Waals surface area contributed by atoms with Crippen molar-refractivity contribution in [1.29, 1.82) is 0 Å². The zero-order valence-electron chi connectivity index (χ0n) is 28.7. The number of aliphatic imine (C=N–C) groups is 2. The lowest BCUT2D eigenvalue weighted by molar-refractivity contribution is 1.03. The van der Waals surface area contributed by atoms with Gasteiger partial charge >= 0.3 is 0 Å². The Morgan fingerprint density at radius 3 is 1.44 bits per heavy atom. The van der Waals surface area contributed by atoms with E-state index in [1.165, 1.54) is 0 Å². The lowest BCUT2D eigenvalue weighted by Crippen LogP contribution is -2.12. The van der Waals surface area contributed by atoms with Crippen molar-refractivity contribution in [3.63, 3.8) is 0 Å². The molecule has 0 saturated carbocycles. The first-order valence-electron chi connectivity index (χ1n) is 17.9.